The summed E-state index contributed by atoms with van der Waals surface area (Å²) in [5.41, 5.74) is 1.65. The second-order valence-corrected chi connectivity index (χ2v) is 5.38. The molecule has 0 aliphatic carbocycles. The van der Waals surface area contributed by atoms with Crippen molar-refractivity contribution in [3.05, 3.63) is 45.8 Å². The first-order valence-corrected chi connectivity index (χ1v) is 7.32. The summed E-state index contributed by atoms with van der Waals surface area (Å²) < 4.78 is 2.59. The average Bonchev–Trinajstić information content (AvgIpc) is 3.05. The van der Waals surface area contributed by atoms with Crippen molar-refractivity contribution in [1.82, 2.24) is 24.8 Å². The largest absolute Gasteiger partial charge is 0.330 e. The van der Waals surface area contributed by atoms with Gasteiger partial charge >= 0.3 is 0 Å². The molecule has 0 aromatic carbocycles. The van der Waals surface area contributed by atoms with E-state index in [0.29, 0.717) is 17.1 Å². The summed E-state index contributed by atoms with van der Waals surface area (Å²) >= 11 is 1.41. The Morgan fingerprint density at radius 2 is 2.40 bits per heavy atom. The van der Waals surface area contributed by atoms with Gasteiger partial charge in [-0.1, -0.05) is 6.92 Å². The number of nitrogens with one attached hydrogen (secondary N) is 2. The van der Waals surface area contributed by atoms with Crippen LogP contribution >= 0.6 is 11.3 Å². The van der Waals surface area contributed by atoms with Gasteiger partial charge in [-0.05, 0) is 18.0 Å². The van der Waals surface area contributed by atoms with Crippen LogP contribution in [0.5, 0.6) is 0 Å². The molecule has 0 fully saturated rings. The van der Waals surface area contributed by atoms with Crippen LogP contribution < -0.4 is 10.9 Å². The number of aromatic amines is 1. The Balaban J connectivity index is 1.81. The van der Waals surface area contributed by atoms with Gasteiger partial charge in [0.05, 0.1) is 24.1 Å². The van der Waals surface area contributed by atoms with Crippen LogP contribution in [0, 0.1) is 0 Å². The van der Waals surface area contributed by atoms with Crippen molar-refractivity contribution in [3.8, 4) is 0 Å². The highest BCUT2D eigenvalue weighted by Gasteiger charge is 2.06. The smallest absolute Gasteiger partial charge is 0.268 e. The standard InChI is InChI=1S/C13H15N5OS/c1-2-14-5-9-6-18(8-15-9)7-11-16-10-3-4-20-12(10)13(19)17-11/h3-4,6,8,14H,2,5,7H2,1H3,(H,16,17,19). The minimum Gasteiger partial charge on any atom is -0.330 e. The van der Waals surface area contributed by atoms with Crippen molar-refractivity contribution >= 4 is 21.6 Å². The molecule has 3 aromatic rings. The number of thiophene rings is 1. The maximum absolute atomic E-state index is 11.9. The molecule has 0 amide bonds. The van der Waals surface area contributed by atoms with E-state index in [0.717, 1.165) is 24.3 Å². The minimum absolute atomic E-state index is 0.0759. The third kappa shape index (κ3) is 2.63. The zero-order chi connectivity index (χ0) is 13.9. The molecule has 0 bridgehead atoms. The molecule has 104 valence electrons. The number of imidazole rings is 1. The van der Waals surface area contributed by atoms with Crippen molar-refractivity contribution in [2.24, 2.45) is 0 Å². The third-order valence-corrected chi connectivity index (χ3v) is 3.84. The van der Waals surface area contributed by atoms with Crippen LogP contribution in [0.3, 0.4) is 0 Å². The van der Waals surface area contributed by atoms with Gasteiger partial charge in [0.1, 0.15) is 10.5 Å². The molecule has 2 N–H and O–H groups in total. The van der Waals surface area contributed by atoms with Crippen molar-refractivity contribution in [3.63, 3.8) is 0 Å². The molecule has 3 heterocycles. The SMILES string of the molecule is CCNCc1cn(Cc2nc3ccsc3c(=O)[nH]2)cn1. The molecule has 20 heavy (non-hydrogen) atoms. The van der Waals surface area contributed by atoms with Crippen LogP contribution in [0.2, 0.25) is 0 Å². The van der Waals surface area contributed by atoms with E-state index in [1.54, 1.807) is 6.33 Å². The highest BCUT2D eigenvalue weighted by molar-refractivity contribution is 7.17. The fourth-order valence-corrected chi connectivity index (χ4v) is 2.73. The molecule has 0 saturated heterocycles. The van der Waals surface area contributed by atoms with Gasteiger partial charge in [-0.15, -0.1) is 11.3 Å². The molecular weight excluding hydrogens is 274 g/mol. The summed E-state index contributed by atoms with van der Waals surface area (Å²) in [4.78, 5) is 23.5. The van der Waals surface area contributed by atoms with Crippen LogP contribution in [0.4, 0.5) is 0 Å². The van der Waals surface area contributed by atoms with Gasteiger partial charge in [-0.3, -0.25) is 4.79 Å². The summed E-state index contributed by atoms with van der Waals surface area (Å²) in [5, 5.41) is 5.10. The monoisotopic (exact) mass is 289 g/mol. The Morgan fingerprint density at radius 1 is 1.50 bits per heavy atom. The van der Waals surface area contributed by atoms with Crippen LogP contribution in [0.25, 0.3) is 10.2 Å². The van der Waals surface area contributed by atoms with Crippen molar-refractivity contribution in [2.75, 3.05) is 6.54 Å². The van der Waals surface area contributed by atoms with E-state index in [-0.39, 0.29) is 5.56 Å². The predicted octanol–water partition coefficient (Wildman–Crippen LogP) is 1.34. The molecule has 0 unspecified atom stereocenters. The third-order valence-electron chi connectivity index (χ3n) is 2.94. The predicted molar refractivity (Wildman–Crippen MR) is 79.0 cm³/mol. The molecular formula is C13H15N5OS. The highest BCUT2D eigenvalue weighted by Crippen LogP contribution is 2.13. The highest BCUT2D eigenvalue weighted by atomic mass is 32.1. The lowest BCUT2D eigenvalue weighted by molar-refractivity contribution is 0.709. The lowest BCUT2D eigenvalue weighted by Gasteiger charge is -2.01. The van der Waals surface area contributed by atoms with Crippen LogP contribution in [0.15, 0.2) is 28.8 Å². The van der Waals surface area contributed by atoms with Gasteiger partial charge in [0.2, 0.25) is 0 Å². The number of H-pyrrole nitrogens is 1. The number of fused-ring (bicyclic) bond motifs is 1. The second kappa shape index (κ2) is 5.56. The molecule has 6 nitrogen and oxygen atoms in total. The Bertz CT molecular complexity index is 772. The van der Waals surface area contributed by atoms with Gasteiger partial charge in [0.15, 0.2) is 0 Å². The van der Waals surface area contributed by atoms with Crippen molar-refractivity contribution in [2.45, 2.75) is 20.0 Å². The maximum atomic E-state index is 11.9. The quantitative estimate of drug-likeness (QED) is 0.743. The van der Waals surface area contributed by atoms with E-state index in [4.69, 9.17) is 0 Å². The molecule has 0 saturated carbocycles. The Labute approximate surface area is 119 Å². The maximum Gasteiger partial charge on any atom is 0.268 e. The average molecular weight is 289 g/mol. The first kappa shape index (κ1) is 13.0. The zero-order valence-electron chi connectivity index (χ0n) is 11.1. The molecule has 0 aliphatic heterocycles. The Hall–Kier alpha value is -1.99. The van der Waals surface area contributed by atoms with Gasteiger partial charge in [0, 0.05) is 12.7 Å². The molecule has 0 atom stereocenters. The van der Waals surface area contributed by atoms with Gasteiger partial charge in [0.25, 0.3) is 5.56 Å². The summed E-state index contributed by atoms with van der Waals surface area (Å²) in [6.45, 7) is 4.23. The molecule has 0 aliphatic rings. The molecule has 0 radical (unpaired) electrons. The van der Waals surface area contributed by atoms with Gasteiger partial charge in [-0.2, -0.15) is 0 Å². The second-order valence-electron chi connectivity index (χ2n) is 4.47. The first-order chi connectivity index (χ1) is 9.76. The zero-order valence-corrected chi connectivity index (χ0v) is 11.9. The summed E-state index contributed by atoms with van der Waals surface area (Å²) in [6, 6.07) is 1.86. The van der Waals surface area contributed by atoms with Gasteiger partial charge in [-0.25, -0.2) is 9.97 Å². The van der Waals surface area contributed by atoms with E-state index in [2.05, 4.69) is 27.2 Å². The fourth-order valence-electron chi connectivity index (χ4n) is 2.01. The molecule has 0 spiro atoms. The van der Waals surface area contributed by atoms with E-state index in [9.17, 15) is 4.79 Å². The molecule has 3 aromatic heterocycles. The van der Waals surface area contributed by atoms with Crippen LogP contribution in [-0.2, 0) is 13.1 Å². The Morgan fingerprint density at radius 3 is 3.25 bits per heavy atom. The lowest BCUT2D eigenvalue weighted by Crippen LogP contribution is -2.13. The van der Waals surface area contributed by atoms with Gasteiger partial charge < -0.3 is 14.9 Å². The number of hydrogen-bond acceptors (Lipinski definition) is 5. The van der Waals surface area contributed by atoms with Crippen LogP contribution in [0.1, 0.15) is 18.4 Å². The van der Waals surface area contributed by atoms with E-state index < -0.39 is 0 Å². The fraction of sp³-hybridized carbons (Fsp3) is 0.308. The summed E-state index contributed by atoms with van der Waals surface area (Å²) in [6.07, 6.45) is 3.71. The van der Waals surface area contributed by atoms with Crippen molar-refractivity contribution < 1.29 is 0 Å². The Kier molecular flexibility index (Phi) is 3.62. The van der Waals surface area contributed by atoms with Crippen molar-refractivity contribution in [1.29, 1.82) is 0 Å². The normalized spacial score (nSPS) is 11.2. The lowest BCUT2D eigenvalue weighted by atomic mass is 10.4. The summed E-state index contributed by atoms with van der Waals surface area (Å²) in [7, 11) is 0. The van der Waals surface area contributed by atoms with Crippen LogP contribution in [-0.4, -0.2) is 26.1 Å². The van der Waals surface area contributed by atoms with E-state index in [1.165, 1.54) is 11.3 Å². The molecule has 7 heteroatoms. The number of hydrogen-bond donors (Lipinski definition) is 2. The number of aromatic nitrogens is 4. The first-order valence-electron chi connectivity index (χ1n) is 6.44. The number of nitrogens with zero attached hydrogens (tertiary/aromatic N) is 3. The summed E-state index contributed by atoms with van der Waals surface area (Å²) in [5.74, 6) is 0.647. The minimum atomic E-state index is -0.0759. The molecule has 3 rings (SSSR count). The number of rotatable bonds is 5. The van der Waals surface area contributed by atoms with E-state index in [1.807, 2.05) is 22.2 Å². The van der Waals surface area contributed by atoms with E-state index >= 15 is 0 Å². The topological polar surface area (TPSA) is 75.6 Å².